The number of rotatable bonds is 6. The first-order valence-electron chi connectivity index (χ1n) is 7.78. The first kappa shape index (κ1) is 21.1. The summed E-state index contributed by atoms with van der Waals surface area (Å²) in [5.41, 5.74) is 0.207. The highest BCUT2D eigenvalue weighted by molar-refractivity contribution is 5.93. The Bertz CT molecular complexity index is 904. The number of esters is 1. The molecule has 0 saturated heterocycles. The Morgan fingerprint density at radius 1 is 0.893 bits per heavy atom. The van der Waals surface area contributed by atoms with E-state index >= 15 is 0 Å². The van der Waals surface area contributed by atoms with E-state index in [0.717, 1.165) is 11.1 Å². The van der Waals surface area contributed by atoms with E-state index in [2.05, 4.69) is 4.74 Å². The van der Waals surface area contributed by atoms with Crippen LogP contribution in [0.15, 0.2) is 18.2 Å². The van der Waals surface area contributed by atoms with Gasteiger partial charge in [-0.05, 0) is 25.5 Å². The Hall–Kier alpha value is -3.17. The number of benzene rings is 2. The summed E-state index contributed by atoms with van der Waals surface area (Å²) in [5.74, 6) is -13.1. The van der Waals surface area contributed by atoms with Gasteiger partial charge in [0, 0.05) is 0 Å². The maximum absolute atomic E-state index is 13.5. The second kappa shape index (κ2) is 8.68. The quantitative estimate of drug-likeness (QED) is 0.347. The number of hydrogen-bond acceptors (Lipinski definition) is 4. The maximum Gasteiger partial charge on any atom is 0.344 e. The monoisotopic (exact) mass is 403 g/mol. The molecule has 2 aromatic rings. The van der Waals surface area contributed by atoms with Gasteiger partial charge in [-0.3, -0.25) is 4.79 Å². The van der Waals surface area contributed by atoms with Gasteiger partial charge in [0.2, 0.25) is 5.82 Å². The van der Waals surface area contributed by atoms with Crippen molar-refractivity contribution in [3.05, 3.63) is 58.4 Å². The summed E-state index contributed by atoms with van der Waals surface area (Å²) in [4.78, 5) is 23.2. The van der Waals surface area contributed by atoms with Crippen LogP contribution in [0.4, 0.5) is 27.6 Å². The molecule has 5 nitrogen and oxygen atoms in total. The SMILES string of the molecule is Cc1ccc(OCC(=O)OCC(=O)Nc2c(F)c(F)c(F)c(F)c2F)c(C)c1. The highest BCUT2D eigenvalue weighted by atomic mass is 19.2. The van der Waals surface area contributed by atoms with Gasteiger partial charge < -0.3 is 14.8 Å². The van der Waals surface area contributed by atoms with Gasteiger partial charge in [-0.2, -0.15) is 0 Å². The van der Waals surface area contributed by atoms with E-state index in [4.69, 9.17) is 4.74 Å². The fourth-order valence-electron chi connectivity index (χ4n) is 2.18. The fourth-order valence-corrected chi connectivity index (χ4v) is 2.18. The zero-order chi connectivity index (χ0) is 21.0. The number of halogens is 5. The fraction of sp³-hybridized carbons (Fsp3) is 0.222. The molecule has 0 fully saturated rings. The number of ether oxygens (including phenoxy) is 2. The summed E-state index contributed by atoms with van der Waals surface area (Å²) in [7, 11) is 0. The molecule has 150 valence electrons. The summed E-state index contributed by atoms with van der Waals surface area (Å²) >= 11 is 0. The summed E-state index contributed by atoms with van der Waals surface area (Å²) in [6.07, 6.45) is 0. The van der Waals surface area contributed by atoms with Gasteiger partial charge in [-0.25, -0.2) is 26.7 Å². The number of carbonyl (C=O) groups excluding carboxylic acids is 2. The van der Waals surface area contributed by atoms with E-state index in [0.29, 0.717) is 5.75 Å². The molecule has 2 rings (SSSR count). The van der Waals surface area contributed by atoms with Crippen molar-refractivity contribution in [1.82, 2.24) is 0 Å². The predicted octanol–water partition coefficient (Wildman–Crippen LogP) is 3.56. The molecule has 10 heteroatoms. The Kier molecular flexibility index (Phi) is 6.55. The van der Waals surface area contributed by atoms with Crippen LogP contribution >= 0.6 is 0 Å². The van der Waals surface area contributed by atoms with Gasteiger partial charge >= 0.3 is 5.97 Å². The predicted molar refractivity (Wildman–Crippen MR) is 87.2 cm³/mol. The van der Waals surface area contributed by atoms with Gasteiger partial charge in [-0.15, -0.1) is 0 Å². The lowest BCUT2D eigenvalue weighted by Gasteiger charge is -2.11. The molecular formula is C18H14F5NO4. The van der Waals surface area contributed by atoms with Crippen LogP contribution in [0.2, 0.25) is 0 Å². The van der Waals surface area contributed by atoms with Crippen molar-refractivity contribution in [1.29, 1.82) is 0 Å². The van der Waals surface area contributed by atoms with Gasteiger partial charge in [0.05, 0.1) is 0 Å². The second-order valence-electron chi connectivity index (χ2n) is 5.71. The average Bonchev–Trinajstić information content (AvgIpc) is 2.66. The molecule has 28 heavy (non-hydrogen) atoms. The van der Waals surface area contributed by atoms with Crippen molar-refractivity contribution in [3.8, 4) is 5.75 Å². The average molecular weight is 403 g/mol. The first-order chi connectivity index (χ1) is 13.1. The number of anilines is 1. The van der Waals surface area contributed by atoms with E-state index in [1.54, 1.807) is 19.1 Å². The van der Waals surface area contributed by atoms with E-state index < -0.39 is 59.9 Å². The molecule has 0 saturated carbocycles. The number of aryl methyl sites for hydroxylation is 2. The Morgan fingerprint density at radius 2 is 1.46 bits per heavy atom. The molecule has 1 N–H and O–H groups in total. The molecule has 0 heterocycles. The topological polar surface area (TPSA) is 64.6 Å². The summed E-state index contributed by atoms with van der Waals surface area (Å²) in [6.45, 7) is 2.05. The van der Waals surface area contributed by atoms with Crippen LogP contribution in [-0.2, 0) is 14.3 Å². The molecular weight excluding hydrogens is 389 g/mol. The lowest BCUT2D eigenvalue weighted by atomic mass is 10.1. The highest BCUT2D eigenvalue weighted by Gasteiger charge is 2.27. The Morgan fingerprint density at radius 3 is 2.04 bits per heavy atom. The van der Waals surface area contributed by atoms with Crippen molar-refractivity contribution >= 4 is 17.6 Å². The minimum absolute atomic E-state index is 0.411. The minimum Gasteiger partial charge on any atom is -0.482 e. The summed E-state index contributed by atoms with van der Waals surface area (Å²) in [5, 5.41) is 1.48. The lowest BCUT2D eigenvalue weighted by Crippen LogP contribution is -2.25. The molecule has 1 amide bonds. The van der Waals surface area contributed by atoms with Crippen LogP contribution in [0.5, 0.6) is 5.75 Å². The van der Waals surface area contributed by atoms with Gasteiger partial charge in [0.25, 0.3) is 5.91 Å². The zero-order valence-electron chi connectivity index (χ0n) is 14.7. The van der Waals surface area contributed by atoms with Crippen molar-refractivity contribution in [2.24, 2.45) is 0 Å². The molecule has 0 aliphatic rings. The molecule has 0 spiro atoms. The van der Waals surface area contributed by atoms with Crippen LogP contribution in [0.25, 0.3) is 0 Å². The third kappa shape index (κ3) is 4.76. The molecule has 2 aromatic carbocycles. The molecule has 0 aliphatic carbocycles. The highest BCUT2D eigenvalue weighted by Crippen LogP contribution is 2.27. The van der Waals surface area contributed by atoms with Crippen LogP contribution < -0.4 is 10.1 Å². The van der Waals surface area contributed by atoms with Crippen LogP contribution in [-0.4, -0.2) is 25.1 Å². The van der Waals surface area contributed by atoms with Crippen molar-refractivity contribution in [2.45, 2.75) is 13.8 Å². The normalized spacial score (nSPS) is 10.5. The summed E-state index contributed by atoms with van der Waals surface area (Å²) in [6, 6.07) is 5.21. The van der Waals surface area contributed by atoms with Crippen LogP contribution in [0, 0.1) is 42.9 Å². The van der Waals surface area contributed by atoms with Crippen LogP contribution in [0.1, 0.15) is 11.1 Å². The number of hydrogen-bond donors (Lipinski definition) is 1. The molecule has 0 bridgehead atoms. The Labute approximate surface area is 156 Å². The largest absolute Gasteiger partial charge is 0.482 e. The minimum atomic E-state index is -2.36. The third-order valence-electron chi connectivity index (χ3n) is 3.51. The van der Waals surface area contributed by atoms with Gasteiger partial charge in [0.1, 0.15) is 11.4 Å². The molecule has 0 radical (unpaired) electrons. The van der Waals surface area contributed by atoms with E-state index in [-0.39, 0.29) is 0 Å². The first-order valence-corrected chi connectivity index (χ1v) is 7.78. The smallest absolute Gasteiger partial charge is 0.344 e. The lowest BCUT2D eigenvalue weighted by molar-refractivity contribution is -0.149. The van der Waals surface area contributed by atoms with Crippen molar-refractivity contribution in [3.63, 3.8) is 0 Å². The van der Waals surface area contributed by atoms with Crippen molar-refractivity contribution in [2.75, 3.05) is 18.5 Å². The Balaban J connectivity index is 1.91. The van der Waals surface area contributed by atoms with E-state index in [1.807, 2.05) is 13.0 Å². The zero-order valence-corrected chi connectivity index (χ0v) is 14.7. The standard InChI is InChI=1S/C18H14F5NO4/c1-8-3-4-10(9(2)5-8)27-7-12(26)28-6-11(25)24-18-16(22)14(20)13(19)15(21)17(18)23/h3-5H,6-7H2,1-2H3,(H,24,25). The number of amides is 1. The summed E-state index contributed by atoms with van der Waals surface area (Å²) < 4.78 is 75.8. The molecule has 0 aromatic heterocycles. The third-order valence-corrected chi connectivity index (χ3v) is 3.51. The van der Waals surface area contributed by atoms with Crippen molar-refractivity contribution < 1.29 is 41.0 Å². The molecule has 0 unspecified atom stereocenters. The second-order valence-corrected chi connectivity index (χ2v) is 5.71. The van der Waals surface area contributed by atoms with Crippen LogP contribution in [0.3, 0.4) is 0 Å². The van der Waals surface area contributed by atoms with Gasteiger partial charge in [-0.1, -0.05) is 17.7 Å². The van der Waals surface area contributed by atoms with E-state index in [1.165, 1.54) is 5.32 Å². The van der Waals surface area contributed by atoms with E-state index in [9.17, 15) is 31.5 Å². The van der Waals surface area contributed by atoms with Gasteiger partial charge in [0.15, 0.2) is 36.5 Å². The number of nitrogens with one attached hydrogen (secondary N) is 1. The molecule has 0 aliphatic heterocycles. The molecule has 0 atom stereocenters. The maximum atomic E-state index is 13.5. The number of carbonyl (C=O) groups is 2.